The maximum atomic E-state index is 4.13. The fourth-order valence-corrected chi connectivity index (χ4v) is 3.23. The highest BCUT2D eigenvalue weighted by atomic mass is 15.2. The first-order valence-electron chi connectivity index (χ1n) is 7.84. The number of nitrogens with zero attached hydrogens (tertiary/aromatic N) is 2. The van der Waals surface area contributed by atoms with Crippen LogP contribution in [-0.4, -0.2) is 29.3 Å². The van der Waals surface area contributed by atoms with Gasteiger partial charge in [0.05, 0.1) is 11.7 Å². The maximum absolute atomic E-state index is 4.13. The van der Waals surface area contributed by atoms with Gasteiger partial charge in [-0.2, -0.15) is 5.10 Å². The summed E-state index contributed by atoms with van der Waals surface area (Å²) in [6.07, 6.45) is 3.07. The molecular formula is C18H20N4. The van der Waals surface area contributed by atoms with Crippen LogP contribution in [0, 0.1) is 0 Å². The van der Waals surface area contributed by atoms with E-state index in [1.54, 1.807) is 0 Å². The van der Waals surface area contributed by atoms with Gasteiger partial charge in [0.25, 0.3) is 0 Å². The van der Waals surface area contributed by atoms with E-state index in [2.05, 4.69) is 68.9 Å². The van der Waals surface area contributed by atoms with E-state index < -0.39 is 0 Å². The predicted molar refractivity (Wildman–Crippen MR) is 90.0 cm³/mol. The minimum absolute atomic E-state index is 0.540. The number of aromatic amines is 1. The highest BCUT2D eigenvalue weighted by Crippen LogP contribution is 2.21. The number of fused-ring (bicyclic) bond motifs is 1. The molecule has 1 unspecified atom stereocenters. The molecule has 4 heteroatoms. The van der Waals surface area contributed by atoms with Gasteiger partial charge in [-0.1, -0.05) is 36.4 Å². The Labute approximate surface area is 130 Å². The molecule has 22 heavy (non-hydrogen) atoms. The van der Waals surface area contributed by atoms with Crippen LogP contribution in [0.25, 0.3) is 10.9 Å². The van der Waals surface area contributed by atoms with Crippen molar-refractivity contribution in [3.63, 3.8) is 0 Å². The summed E-state index contributed by atoms with van der Waals surface area (Å²) in [6, 6.07) is 17.6. The zero-order valence-electron chi connectivity index (χ0n) is 12.5. The minimum atomic E-state index is 0.540. The highest BCUT2D eigenvalue weighted by molar-refractivity contribution is 5.81. The van der Waals surface area contributed by atoms with Gasteiger partial charge in [-0.3, -0.25) is 5.10 Å². The number of H-pyrrole nitrogens is 1. The van der Waals surface area contributed by atoms with Gasteiger partial charge < -0.3 is 10.2 Å². The Balaban J connectivity index is 1.40. The van der Waals surface area contributed by atoms with E-state index in [0.29, 0.717) is 6.04 Å². The van der Waals surface area contributed by atoms with Crippen molar-refractivity contribution in [2.75, 3.05) is 18.0 Å². The Morgan fingerprint density at radius 1 is 1.14 bits per heavy atom. The van der Waals surface area contributed by atoms with Crippen molar-refractivity contribution in [3.05, 3.63) is 60.3 Å². The van der Waals surface area contributed by atoms with Gasteiger partial charge in [-0.15, -0.1) is 0 Å². The molecule has 4 nitrogen and oxygen atoms in total. The van der Waals surface area contributed by atoms with Crippen LogP contribution < -0.4 is 10.2 Å². The third-order valence-corrected chi connectivity index (χ3v) is 4.45. The molecule has 3 aromatic rings. The van der Waals surface area contributed by atoms with Crippen LogP contribution in [0.5, 0.6) is 0 Å². The number of nitrogens with one attached hydrogen (secondary N) is 2. The predicted octanol–water partition coefficient (Wildman–Crippen LogP) is 2.93. The molecule has 1 aliphatic rings. The SMILES string of the molecule is c1ccc(N2CCC(NCc3cccc4cn[nH]c34)C2)cc1. The lowest BCUT2D eigenvalue weighted by Gasteiger charge is -2.19. The van der Waals surface area contributed by atoms with Crippen LogP contribution in [0.15, 0.2) is 54.7 Å². The van der Waals surface area contributed by atoms with E-state index in [-0.39, 0.29) is 0 Å². The first-order chi connectivity index (χ1) is 10.9. The van der Waals surface area contributed by atoms with E-state index in [0.717, 1.165) is 25.2 Å². The number of anilines is 1. The van der Waals surface area contributed by atoms with E-state index in [9.17, 15) is 0 Å². The second-order valence-electron chi connectivity index (χ2n) is 5.90. The van der Waals surface area contributed by atoms with Crippen molar-refractivity contribution in [1.29, 1.82) is 0 Å². The largest absolute Gasteiger partial charge is 0.370 e. The topological polar surface area (TPSA) is 44.0 Å². The van der Waals surface area contributed by atoms with Crippen molar-refractivity contribution in [1.82, 2.24) is 15.5 Å². The molecule has 2 heterocycles. The molecule has 4 rings (SSSR count). The second kappa shape index (κ2) is 5.81. The summed E-state index contributed by atoms with van der Waals surface area (Å²) in [5.41, 5.74) is 3.75. The molecule has 0 amide bonds. The quantitative estimate of drug-likeness (QED) is 0.777. The van der Waals surface area contributed by atoms with Crippen LogP contribution in [0.2, 0.25) is 0 Å². The number of aromatic nitrogens is 2. The molecule has 1 aliphatic heterocycles. The van der Waals surface area contributed by atoms with Crippen molar-refractivity contribution in [2.45, 2.75) is 19.0 Å². The molecular weight excluding hydrogens is 272 g/mol. The van der Waals surface area contributed by atoms with Crippen LogP contribution >= 0.6 is 0 Å². The molecule has 1 atom stereocenters. The zero-order chi connectivity index (χ0) is 14.8. The standard InChI is InChI=1S/C18H20N4/c1-2-7-17(8-3-1)22-10-9-16(13-22)19-11-14-5-4-6-15-12-20-21-18(14)15/h1-8,12,16,19H,9-11,13H2,(H,20,21). The zero-order valence-corrected chi connectivity index (χ0v) is 12.5. The fourth-order valence-electron chi connectivity index (χ4n) is 3.23. The Bertz CT molecular complexity index is 750. The van der Waals surface area contributed by atoms with Crippen molar-refractivity contribution >= 4 is 16.6 Å². The lowest BCUT2D eigenvalue weighted by molar-refractivity contribution is 0.552. The van der Waals surface area contributed by atoms with Crippen LogP contribution in [0.3, 0.4) is 0 Å². The maximum Gasteiger partial charge on any atom is 0.0695 e. The third kappa shape index (κ3) is 2.57. The van der Waals surface area contributed by atoms with Gasteiger partial charge in [0.15, 0.2) is 0 Å². The monoisotopic (exact) mass is 292 g/mol. The van der Waals surface area contributed by atoms with Crippen LogP contribution in [0.1, 0.15) is 12.0 Å². The van der Waals surface area contributed by atoms with Gasteiger partial charge >= 0.3 is 0 Å². The van der Waals surface area contributed by atoms with Crippen molar-refractivity contribution in [2.24, 2.45) is 0 Å². The molecule has 0 aliphatic carbocycles. The lowest BCUT2D eigenvalue weighted by atomic mass is 10.1. The average molecular weight is 292 g/mol. The average Bonchev–Trinajstić information content (AvgIpc) is 3.23. The van der Waals surface area contributed by atoms with Crippen LogP contribution in [-0.2, 0) is 6.54 Å². The summed E-state index contributed by atoms with van der Waals surface area (Å²) in [5, 5.41) is 12.1. The third-order valence-electron chi connectivity index (χ3n) is 4.45. The van der Waals surface area contributed by atoms with Gasteiger partial charge in [0.2, 0.25) is 0 Å². The van der Waals surface area contributed by atoms with E-state index in [4.69, 9.17) is 0 Å². The van der Waals surface area contributed by atoms with Gasteiger partial charge in [0, 0.05) is 36.7 Å². The Kier molecular flexibility index (Phi) is 3.52. The molecule has 112 valence electrons. The van der Waals surface area contributed by atoms with Crippen molar-refractivity contribution < 1.29 is 0 Å². The van der Waals surface area contributed by atoms with E-state index >= 15 is 0 Å². The first kappa shape index (κ1) is 13.3. The van der Waals surface area contributed by atoms with E-state index in [1.807, 2.05) is 6.20 Å². The molecule has 2 aromatic carbocycles. The number of para-hydroxylation sites is 2. The summed E-state index contributed by atoms with van der Waals surface area (Å²) in [5.74, 6) is 0. The smallest absolute Gasteiger partial charge is 0.0695 e. The summed E-state index contributed by atoms with van der Waals surface area (Å²) in [7, 11) is 0. The molecule has 0 bridgehead atoms. The molecule has 2 N–H and O–H groups in total. The normalized spacial score (nSPS) is 18.2. The molecule has 1 aromatic heterocycles. The van der Waals surface area contributed by atoms with Crippen molar-refractivity contribution in [3.8, 4) is 0 Å². The Morgan fingerprint density at radius 2 is 2.05 bits per heavy atom. The number of hydrogen-bond donors (Lipinski definition) is 2. The lowest BCUT2D eigenvalue weighted by Crippen LogP contribution is -2.32. The Hall–Kier alpha value is -2.33. The summed E-state index contributed by atoms with van der Waals surface area (Å²) in [6.45, 7) is 3.08. The first-order valence-corrected chi connectivity index (χ1v) is 7.84. The summed E-state index contributed by atoms with van der Waals surface area (Å²) >= 11 is 0. The number of benzene rings is 2. The summed E-state index contributed by atoms with van der Waals surface area (Å²) in [4.78, 5) is 2.45. The molecule has 0 saturated carbocycles. The molecule has 1 saturated heterocycles. The summed E-state index contributed by atoms with van der Waals surface area (Å²) < 4.78 is 0. The van der Waals surface area contributed by atoms with Gasteiger partial charge in [0.1, 0.15) is 0 Å². The second-order valence-corrected chi connectivity index (χ2v) is 5.90. The van der Waals surface area contributed by atoms with Crippen LogP contribution in [0.4, 0.5) is 5.69 Å². The Morgan fingerprint density at radius 3 is 2.95 bits per heavy atom. The fraction of sp³-hybridized carbons (Fsp3) is 0.278. The van der Waals surface area contributed by atoms with Gasteiger partial charge in [-0.25, -0.2) is 0 Å². The molecule has 0 spiro atoms. The number of rotatable bonds is 4. The molecule has 0 radical (unpaired) electrons. The highest BCUT2D eigenvalue weighted by Gasteiger charge is 2.22. The van der Waals surface area contributed by atoms with Gasteiger partial charge in [-0.05, 0) is 24.1 Å². The molecule has 1 fully saturated rings. The minimum Gasteiger partial charge on any atom is -0.370 e. The number of hydrogen-bond acceptors (Lipinski definition) is 3. The van der Waals surface area contributed by atoms with E-state index in [1.165, 1.54) is 23.1 Å².